The van der Waals surface area contributed by atoms with E-state index < -0.39 is 11.2 Å². The Morgan fingerprint density at radius 1 is 1.29 bits per heavy atom. The summed E-state index contributed by atoms with van der Waals surface area (Å²) in [5.74, 6) is -0.586. The van der Waals surface area contributed by atoms with Gasteiger partial charge >= 0.3 is 5.69 Å². The van der Waals surface area contributed by atoms with Gasteiger partial charge in [0.05, 0.1) is 6.07 Å². The van der Waals surface area contributed by atoms with E-state index in [0.29, 0.717) is 29.7 Å². The molecule has 1 heterocycles. The van der Waals surface area contributed by atoms with Gasteiger partial charge in [-0.15, -0.1) is 0 Å². The molecule has 2 aromatic rings. The van der Waals surface area contributed by atoms with Gasteiger partial charge in [-0.1, -0.05) is 33.3 Å². The number of aromatic nitrogens is 2. The van der Waals surface area contributed by atoms with E-state index in [2.05, 4.69) is 4.98 Å². The van der Waals surface area contributed by atoms with Crippen molar-refractivity contribution < 1.29 is 4.79 Å². The van der Waals surface area contributed by atoms with Crippen LogP contribution in [-0.4, -0.2) is 15.3 Å². The predicted molar refractivity (Wildman–Crippen MR) is 110 cm³/mol. The number of rotatable bonds is 7. The molecule has 0 aliphatic rings. The van der Waals surface area contributed by atoms with Crippen molar-refractivity contribution in [2.24, 2.45) is 0 Å². The number of hydrogen-bond acceptors (Lipinski definition) is 4. The summed E-state index contributed by atoms with van der Waals surface area (Å²) in [6.45, 7) is 7.86. The van der Waals surface area contributed by atoms with Crippen LogP contribution in [-0.2, 0) is 6.54 Å². The molecule has 0 amide bonds. The molecule has 0 spiro atoms. The first-order valence-electron chi connectivity index (χ1n) is 9.39. The van der Waals surface area contributed by atoms with E-state index in [1.807, 2.05) is 39.8 Å². The van der Waals surface area contributed by atoms with Gasteiger partial charge in [0.25, 0.3) is 5.56 Å². The number of benzene rings is 1. The summed E-state index contributed by atoms with van der Waals surface area (Å²) in [4.78, 5) is 40.7. The number of nitrogens with one attached hydrogen (secondary N) is 1. The zero-order chi connectivity index (χ0) is 20.8. The van der Waals surface area contributed by atoms with Gasteiger partial charge in [0, 0.05) is 23.7 Å². The number of carbonyl (C=O) groups excluding carboxylic acids is 1. The number of aryl methyl sites for hydroxylation is 1. The Morgan fingerprint density at radius 3 is 2.61 bits per heavy atom. The minimum absolute atomic E-state index is 0.151. The fourth-order valence-electron chi connectivity index (χ4n) is 3.21. The lowest BCUT2D eigenvalue weighted by Gasteiger charge is -2.17. The summed E-state index contributed by atoms with van der Waals surface area (Å²) in [6.07, 6.45) is 4.53. The van der Waals surface area contributed by atoms with Crippen LogP contribution >= 0.6 is 0 Å². The van der Waals surface area contributed by atoms with Crippen LogP contribution in [0.5, 0.6) is 0 Å². The predicted octanol–water partition coefficient (Wildman–Crippen LogP) is 3.54. The molecule has 0 bridgehead atoms. The number of allylic oxidation sites excluding steroid dienone is 1. The first-order chi connectivity index (χ1) is 13.3. The van der Waals surface area contributed by atoms with Crippen LogP contribution in [0, 0.1) is 18.3 Å². The number of hydrogen-bond donors (Lipinski definition) is 1. The monoisotopic (exact) mass is 379 g/mol. The highest BCUT2D eigenvalue weighted by atomic mass is 16.2. The SMILES string of the molecule is CCCCn1c(C(=O)c2cc(C)cc(/C=C/C#N)c2)c(C(C)C)c(=O)[nH]c1=O. The van der Waals surface area contributed by atoms with Crippen molar-refractivity contribution in [2.75, 3.05) is 0 Å². The van der Waals surface area contributed by atoms with Crippen LogP contribution in [0.3, 0.4) is 0 Å². The number of aromatic amines is 1. The minimum Gasteiger partial charge on any atom is -0.290 e. The second-order valence-electron chi connectivity index (χ2n) is 7.11. The molecule has 0 unspecified atom stereocenters. The molecule has 1 aromatic heterocycles. The van der Waals surface area contributed by atoms with Crippen LogP contribution < -0.4 is 11.2 Å². The summed E-state index contributed by atoms with van der Waals surface area (Å²) in [5, 5.41) is 8.75. The van der Waals surface area contributed by atoms with E-state index in [0.717, 1.165) is 12.0 Å². The molecule has 0 aliphatic heterocycles. The molecule has 0 saturated carbocycles. The average molecular weight is 379 g/mol. The fraction of sp³-hybridized carbons (Fsp3) is 0.364. The van der Waals surface area contributed by atoms with Gasteiger partial charge in [-0.2, -0.15) is 5.26 Å². The second-order valence-corrected chi connectivity index (χ2v) is 7.11. The second kappa shape index (κ2) is 9.14. The van der Waals surface area contributed by atoms with E-state index in [4.69, 9.17) is 5.26 Å². The molecule has 2 rings (SSSR count). The number of nitrogens with zero attached hydrogens (tertiary/aromatic N) is 2. The maximum atomic E-state index is 13.4. The molecular weight excluding hydrogens is 354 g/mol. The smallest absolute Gasteiger partial charge is 0.290 e. The molecule has 0 fully saturated rings. The highest BCUT2D eigenvalue weighted by molar-refractivity contribution is 6.09. The van der Waals surface area contributed by atoms with Gasteiger partial charge in [-0.3, -0.25) is 19.1 Å². The lowest BCUT2D eigenvalue weighted by atomic mass is 9.95. The largest absolute Gasteiger partial charge is 0.328 e. The Labute approximate surface area is 164 Å². The first-order valence-corrected chi connectivity index (χ1v) is 9.39. The molecule has 6 nitrogen and oxygen atoms in total. The van der Waals surface area contributed by atoms with Gasteiger partial charge in [-0.05, 0) is 48.6 Å². The molecule has 0 atom stereocenters. The summed E-state index contributed by atoms with van der Waals surface area (Å²) < 4.78 is 1.38. The molecule has 1 N–H and O–H groups in total. The third-order valence-corrected chi connectivity index (χ3v) is 4.48. The normalized spacial score (nSPS) is 11.1. The van der Waals surface area contributed by atoms with Crippen molar-refractivity contribution in [2.45, 2.75) is 53.0 Å². The standard InChI is InChI=1S/C22H25N3O3/c1-5-6-10-25-19(18(14(2)3)21(27)24-22(25)28)20(26)17-12-15(4)11-16(13-17)8-7-9-23/h7-8,11-14H,5-6,10H2,1-4H3,(H,24,27,28)/b8-7+. The first kappa shape index (κ1) is 21.1. The Bertz CT molecular complexity index is 1070. The van der Waals surface area contributed by atoms with Crippen molar-refractivity contribution in [3.8, 4) is 6.07 Å². The number of carbonyl (C=O) groups is 1. The molecule has 0 saturated heterocycles. The van der Waals surface area contributed by atoms with E-state index in [1.54, 1.807) is 18.2 Å². The maximum absolute atomic E-state index is 13.4. The average Bonchev–Trinajstić information content (AvgIpc) is 2.63. The fourth-order valence-corrected chi connectivity index (χ4v) is 3.21. The topological polar surface area (TPSA) is 95.7 Å². The van der Waals surface area contributed by atoms with Crippen LogP contribution in [0.15, 0.2) is 33.9 Å². The molecule has 1 aromatic carbocycles. The molecule has 0 radical (unpaired) electrons. The Kier molecular flexibility index (Phi) is 6.89. The molecule has 146 valence electrons. The van der Waals surface area contributed by atoms with E-state index >= 15 is 0 Å². The summed E-state index contributed by atoms with van der Waals surface area (Å²) >= 11 is 0. The van der Waals surface area contributed by atoms with Crippen molar-refractivity contribution in [1.29, 1.82) is 5.26 Å². The number of ketones is 1. The Balaban J connectivity index is 2.75. The third-order valence-electron chi connectivity index (χ3n) is 4.48. The number of H-pyrrole nitrogens is 1. The van der Waals surface area contributed by atoms with Crippen LogP contribution in [0.2, 0.25) is 0 Å². The molecule has 0 aliphatic carbocycles. The molecular formula is C22H25N3O3. The lowest BCUT2D eigenvalue weighted by Crippen LogP contribution is -2.38. The van der Waals surface area contributed by atoms with Gasteiger partial charge in [0.15, 0.2) is 0 Å². The van der Waals surface area contributed by atoms with Gasteiger partial charge in [0.2, 0.25) is 5.78 Å². The van der Waals surface area contributed by atoms with Crippen LogP contribution in [0.25, 0.3) is 6.08 Å². The van der Waals surface area contributed by atoms with Crippen LogP contribution in [0.1, 0.15) is 72.3 Å². The molecule has 28 heavy (non-hydrogen) atoms. The lowest BCUT2D eigenvalue weighted by molar-refractivity contribution is 0.102. The highest BCUT2D eigenvalue weighted by Crippen LogP contribution is 2.20. The molecule has 6 heteroatoms. The van der Waals surface area contributed by atoms with E-state index in [9.17, 15) is 14.4 Å². The summed E-state index contributed by atoms with van der Waals surface area (Å²) in [6, 6.07) is 7.19. The highest BCUT2D eigenvalue weighted by Gasteiger charge is 2.24. The van der Waals surface area contributed by atoms with Gasteiger partial charge < -0.3 is 0 Å². The third kappa shape index (κ3) is 4.55. The zero-order valence-corrected chi connectivity index (χ0v) is 16.7. The summed E-state index contributed by atoms with van der Waals surface area (Å²) in [7, 11) is 0. The van der Waals surface area contributed by atoms with E-state index in [1.165, 1.54) is 10.6 Å². The quantitative estimate of drug-likeness (QED) is 0.588. The Morgan fingerprint density at radius 2 is 2.00 bits per heavy atom. The number of unbranched alkanes of at least 4 members (excludes halogenated alkanes) is 1. The van der Waals surface area contributed by atoms with Crippen molar-refractivity contribution in [3.63, 3.8) is 0 Å². The van der Waals surface area contributed by atoms with Crippen molar-refractivity contribution in [1.82, 2.24) is 9.55 Å². The zero-order valence-electron chi connectivity index (χ0n) is 16.7. The minimum atomic E-state index is -0.566. The van der Waals surface area contributed by atoms with Gasteiger partial charge in [0.1, 0.15) is 5.69 Å². The van der Waals surface area contributed by atoms with Gasteiger partial charge in [-0.25, -0.2) is 4.79 Å². The summed E-state index contributed by atoms with van der Waals surface area (Å²) in [5.41, 5.74) is 1.33. The Hall–Kier alpha value is -3.20. The maximum Gasteiger partial charge on any atom is 0.328 e. The number of nitriles is 1. The van der Waals surface area contributed by atoms with E-state index in [-0.39, 0.29) is 17.4 Å². The van der Waals surface area contributed by atoms with Crippen LogP contribution in [0.4, 0.5) is 0 Å². The van der Waals surface area contributed by atoms with Crippen molar-refractivity contribution >= 4 is 11.9 Å². The van der Waals surface area contributed by atoms with Crippen molar-refractivity contribution in [3.05, 3.63) is 73.1 Å².